The van der Waals surface area contributed by atoms with Gasteiger partial charge in [-0.3, -0.25) is 4.79 Å². The van der Waals surface area contributed by atoms with Crippen LogP contribution in [0.4, 0.5) is 0 Å². The van der Waals surface area contributed by atoms with Crippen LogP contribution in [-0.2, 0) is 11.2 Å². The average Bonchev–Trinajstić information content (AvgIpc) is 3.30. The molecule has 0 aliphatic carbocycles. The van der Waals surface area contributed by atoms with Crippen LogP contribution in [0.3, 0.4) is 0 Å². The van der Waals surface area contributed by atoms with Gasteiger partial charge in [0.25, 0.3) is 0 Å². The quantitative estimate of drug-likeness (QED) is 0.0965. The predicted octanol–water partition coefficient (Wildman–Crippen LogP) is 8.11. The molecule has 7 heteroatoms. The van der Waals surface area contributed by atoms with Gasteiger partial charge in [-0.15, -0.1) is 0 Å². The summed E-state index contributed by atoms with van der Waals surface area (Å²) in [6.45, 7) is 2.04. The van der Waals surface area contributed by atoms with Crippen molar-refractivity contribution in [2.24, 2.45) is 0 Å². The maximum atomic E-state index is 13.0. The molecule has 4 nitrogen and oxygen atoms in total. The average molecular weight is 521 g/mol. The number of benzene rings is 3. The molecule has 3 aromatic carbocycles. The van der Waals surface area contributed by atoms with Gasteiger partial charge in [0.15, 0.2) is 0 Å². The number of ether oxygens (including phenoxy) is 2. The molecular formula is C28H24O4S3. The van der Waals surface area contributed by atoms with Crippen LogP contribution in [-0.4, -0.2) is 11.9 Å². The lowest BCUT2D eigenvalue weighted by molar-refractivity contribution is -0.134. The second kappa shape index (κ2) is 12.0. The molecule has 0 N–H and O–H groups in total. The minimum atomic E-state index is -0.415. The lowest BCUT2D eigenvalue weighted by Crippen LogP contribution is -2.11. The van der Waals surface area contributed by atoms with Crippen LogP contribution >= 0.6 is 32.9 Å². The van der Waals surface area contributed by atoms with Crippen molar-refractivity contribution in [1.82, 2.24) is 0 Å². The molecule has 0 radical (unpaired) electrons. The van der Waals surface area contributed by atoms with Crippen molar-refractivity contribution in [3.8, 4) is 21.9 Å². The Hall–Kier alpha value is -3.13. The molecule has 0 aliphatic rings. The van der Waals surface area contributed by atoms with Crippen molar-refractivity contribution < 1.29 is 19.1 Å². The smallest absolute Gasteiger partial charge is 0.343 e. The number of rotatable bonds is 9. The Balaban J connectivity index is 1.45. The third-order valence-corrected chi connectivity index (χ3v) is 8.22. The molecule has 4 aromatic rings. The van der Waals surface area contributed by atoms with Crippen molar-refractivity contribution in [1.29, 1.82) is 0 Å². The molecule has 1 heterocycles. The van der Waals surface area contributed by atoms with Crippen molar-refractivity contribution >= 4 is 44.8 Å². The van der Waals surface area contributed by atoms with Crippen LogP contribution in [0.1, 0.15) is 47.7 Å². The van der Waals surface area contributed by atoms with Crippen LogP contribution in [0.15, 0.2) is 78.9 Å². The Kier molecular flexibility index (Phi) is 8.58. The monoisotopic (exact) mass is 520 g/mol. The lowest BCUT2D eigenvalue weighted by Gasteiger charge is -2.11. The first kappa shape index (κ1) is 25.0. The standard InChI is InChI=1S/C28H24O4S3/c1-2-3-11-26(29)31-23-9-6-7-19(17-23)16-21-8-4-5-10-24(21)28(30)32-22-14-12-20(13-15-22)25-18-27(33)35-34-25/h4-10,12-15,17-18H,2-3,11,16H2,1H3. The Bertz CT molecular complexity index is 1370. The van der Waals surface area contributed by atoms with Crippen molar-refractivity contribution in [3.63, 3.8) is 0 Å². The summed E-state index contributed by atoms with van der Waals surface area (Å²) in [6.07, 6.45) is 2.66. The number of hydrogen-bond donors (Lipinski definition) is 0. The zero-order valence-electron chi connectivity index (χ0n) is 19.2. The summed E-state index contributed by atoms with van der Waals surface area (Å²) in [5, 5.41) is 0. The van der Waals surface area contributed by atoms with Gasteiger partial charge in [0.05, 0.1) is 5.56 Å². The van der Waals surface area contributed by atoms with Gasteiger partial charge >= 0.3 is 11.9 Å². The predicted molar refractivity (Wildman–Crippen MR) is 144 cm³/mol. The molecule has 4 rings (SSSR count). The molecule has 0 amide bonds. The van der Waals surface area contributed by atoms with Crippen LogP contribution in [0.25, 0.3) is 10.4 Å². The summed E-state index contributed by atoms with van der Waals surface area (Å²) >= 11 is 5.21. The molecule has 0 aliphatic heterocycles. The molecule has 0 saturated carbocycles. The first-order valence-electron chi connectivity index (χ1n) is 11.3. The molecular weight excluding hydrogens is 497 g/mol. The summed E-state index contributed by atoms with van der Waals surface area (Å²) in [5.41, 5.74) is 3.31. The first-order chi connectivity index (χ1) is 17.0. The van der Waals surface area contributed by atoms with Gasteiger partial charge in [-0.25, -0.2) is 4.79 Å². The highest BCUT2D eigenvalue weighted by Crippen LogP contribution is 2.30. The summed E-state index contributed by atoms with van der Waals surface area (Å²) in [6, 6.07) is 24.2. The Morgan fingerprint density at radius 3 is 2.40 bits per heavy atom. The molecule has 35 heavy (non-hydrogen) atoms. The largest absolute Gasteiger partial charge is 0.427 e. The summed E-state index contributed by atoms with van der Waals surface area (Å²) in [4.78, 5) is 26.1. The van der Waals surface area contributed by atoms with Crippen molar-refractivity contribution in [2.75, 3.05) is 0 Å². The van der Waals surface area contributed by atoms with E-state index in [-0.39, 0.29) is 5.97 Å². The SMILES string of the molecule is CCCCC(=O)Oc1cccc(Cc2ccccc2C(=O)Oc2ccc(-c3cc(=S)ss3)cc2)c1. The van der Waals surface area contributed by atoms with Gasteiger partial charge in [0.2, 0.25) is 0 Å². The molecule has 1 aromatic heterocycles. The number of carbonyl (C=O) groups is 2. The van der Waals surface area contributed by atoms with Gasteiger partial charge in [-0.1, -0.05) is 76.6 Å². The first-order valence-corrected chi connectivity index (χ1v) is 13.9. The second-order valence-electron chi connectivity index (χ2n) is 7.97. The van der Waals surface area contributed by atoms with E-state index in [9.17, 15) is 9.59 Å². The second-order valence-corrected chi connectivity index (χ2v) is 10.9. The minimum absolute atomic E-state index is 0.233. The fourth-order valence-corrected chi connectivity index (χ4v) is 5.94. The van der Waals surface area contributed by atoms with E-state index in [2.05, 4.69) is 0 Å². The van der Waals surface area contributed by atoms with Gasteiger partial charge < -0.3 is 9.47 Å². The fraction of sp³-hybridized carbons (Fsp3) is 0.179. The highest BCUT2D eigenvalue weighted by molar-refractivity contribution is 7.80. The highest BCUT2D eigenvalue weighted by Gasteiger charge is 2.15. The van der Waals surface area contributed by atoms with Crippen LogP contribution in [0.2, 0.25) is 0 Å². The van der Waals surface area contributed by atoms with E-state index in [1.165, 1.54) is 0 Å². The third kappa shape index (κ3) is 6.94. The molecule has 0 fully saturated rings. The van der Waals surface area contributed by atoms with Gasteiger partial charge in [0, 0.05) is 11.3 Å². The Morgan fingerprint density at radius 2 is 1.66 bits per heavy atom. The lowest BCUT2D eigenvalue weighted by atomic mass is 9.99. The normalized spacial score (nSPS) is 10.7. The summed E-state index contributed by atoms with van der Waals surface area (Å²) in [7, 11) is 3.20. The van der Waals surface area contributed by atoms with Gasteiger partial charge in [-0.2, -0.15) is 0 Å². The van der Waals surface area contributed by atoms with Gasteiger partial charge in [-0.05, 0) is 78.1 Å². The molecule has 0 spiro atoms. The topological polar surface area (TPSA) is 52.6 Å². The van der Waals surface area contributed by atoms with E-state index in [1.807, 2.05) is 61.5 Å². The molecule has 0 unspecified atom stereocenters. The van der Waals surface area contributed by atoms with E-state index < -0.39 is 5.97 Å². The van der Waals surface area contributed by atoms with Crippen molar-refractivity contribution in [2.45, 2.75) is 32.6 Å². The van der Waals surface area contributed by atoms with E-state index in [4.69, 9.17) is 21.7 Å². The molecule has 0 bridgehead atoms. The number of unbranched alkanes of at least 4 members (excludes halogenated alkanes) is 1. The van der Waals surface area contributed by atoms with E-state index in [1.54, 1.807) is 44.9 Å². The van der Waals surface area contributed by atoms with E-state index in [0.717, 1.165) is 38.2 Å². The summed E-state index contributed by atoms with van der Waals surface area (Å²) in [5.74, 6) is 0.344. The Morgan fingerprint density at radius 1 is 0.857 bits per heavy atom. The maximum absolute atomic E-state index is 13.0. The summed E-state index contributed by atoms with van der Waals surface area (Å²) < 4.78 is 12.0. The Labute approximate surface area is 217 Å². The van der Waals surface area contributed by atoms with Crippen LogP contribution < -0.4 is 9.47 Å². The van der Waals surface area contributed by atoms with E-state index >= 15 is 0 Å². The number of carbonyl (C=O) groups excluding carboxylic acids is 2. The minimum Gasteiger partial charge on any atom is -0.427 e. The zero-order valence-corrected chi connectivity index (χ0v) is 21.6. The third-order valence-electron chi connectivity index (χ3n) is 5.31. The zero-order chi connectivity index (χ0) is 24.6. The highest BCUT2D eigenvalue weighted by atomic mass is 32.9. The van der Waals surface area contributed by atoms with Crippen molar-refractivity contribution in [3.05, 3.63) is 99.4 Å². The van der Waals surface area contributed by atoms with Crippen LogP contribution in [0, 0.1) is 3.82 Å². The molecule has 0 atom stereocenters. The van der Waals surface area contributed by atoms with Gasteiger partial charge in [0.1, 0.15) is 15.3 Å². The molecule has 178 valence electrons. The molecule has 0 saturated heterocycles. The number of hydrogen-bond acceptors (Lipinski definition) is 7. The fourth-order valence-electron chi connectivity index (χ4n) is 3.54. The van der Waals surface area contributed by atoms with Crippen LogP contribution in [0.5, 0.6) is 11.5 Å². The van der Waals surface area contributed by atoms with E-state index in [0.29, 0.717) is 29.9 Å². The number of esters is 2. The maximum Gasteiger partial charge on any atom is 0.343 e.